The SMILES string of the molecule is Cc1cc(C)c2c(c1)N(CCN1CCCC1)C(=O)C2=O. The molecule has 3 rings (SSSR count). The highest BCUT2D eigenvalue weighted by molar-refractivity contribution is 6.52. The van der Waals surface area contributed by atoms with Crippen LogP contribution in [0.4, 0.5) is 5.69 Å². The maximum Gasteiger partial charge on any atom is 0.299 e. The van der Waals surface area contributed by atoms with Gasteiger partial charge < -0.3 is 9.80 Å². The van der Waals surface area contributed by atoms with Crippen molar-refractivity contribution in [2.24, 2.45) is 0 Å². The van der Waals surface area contributed by atoms with Crippen molar-refractivity contribution in [3.05, 3.63) is 28.8 Å². The van der Waals surface area contributed by atoms with Gasteiger partial charge in [0.05, 0.1) is 11.3 Å². The van der Waals surface area contributed by atoms with E-state index in [2.05, 4.69) is 4.90 Å². The predicted octanol–water partition coefficient (Wildman–Crippen LogP) is 1.93. The van der Waals surface area contributed by atoms with Crippen LogP contribution in [0.5, 0.6) is 0 Å². The molecular formula is C16H20N2O2. The molecule has 1 saturated heterocycles. The number of ketones is 1. The standard InChI is InChI=1S/C16H20N2O2/c1-11-9-12(2)14-13(10-11)18(16(20)15(14)19)8-7-17-5-3-4-6-17/h9-10H,3-8H2,1-2H3. The van der Waals surface area contributed by atoms with Crippen molar-refractivity contribution < 1.29 is 9.59 Å². The second-order valence-corrected chi connectivity index (χ2v) is 5.81. The van der Waals surface area contributed by atoms with Crippen LogP contribution in [0, 0.1) is 13.8 Å². The Bertz CT molecular complexity index is 574. The van der Waals surface area contributed by atoms with Gasteiger partial charge in [-0.3, -0.25) is 9.59 Å². The van der Waals surface area contributed by atoms with Crippen molar-refractivity contribution in [2.45, 2.75) is 26.7 Å². The number of benzene rings is 1. The highest BCUT2D eigenvalue weighted by atomic mass is 16.2. The summed E-state index contributed by atoms with van der Waals surface area (Å²) in [5, 5.41) is 0. The van der Waals surface area contributed by atoms with Crippen LogP contribution in [-0.4, -0.2) is 42.8 Å². The summed E-state index contributed by atoms with van der Waals surface area (Å²) in [5.74, 6) is -0.716. The Labute approximate surface area is 119 Å². The Balaban J connectivity index is 1.85. The molecule has 20 heavy (non-hydrogen) atoms. The van der Waals surface area contributed by atoms with E-state index in [9.17, 15) is 9.59 Å². The zero-order valence-electron chi connectivity index (χ0n) is 12.1. The number of rotatable bonds is 3. The fourth-order valence-electron chi connectivity index (χ4n) is 3.26. The van der Waals surface area contributed by atoms with Crippen LogP contribution in [0.1, 0.15) is 34.3 Å². The normalized spacial score (nSPS) is 19.0. The second kappa shape index (κ2) is 5.02. The van der Waals surface area contributed by atoms with E-state index in [1.165, 1.54) is 12.8 Å². The largest absolute Gasteiger partial charge is 0.303 e. The number of anilines is 1. The summed E-state index contributed by atoms with van der Waals surface area (Å²) in [5.41, 5.74) is 3.40. The van der Waals surface area contributed by atoms with Crippen molar-refractivity contribution in [1.82, 2.24) is 4.90 Å². The summed E-state index contributed by atoms with van der Waals surface area (Å²) in [6.07, 6.45) is 2.48. The molecule has 2 heterocycles. The number of fused-ring (bicyclic) bond motifs is 1. The van der Waals surface area contributed by atoms with Crippen molar-refractivity contribution in [1.29, 1.82) is 0 Å². The molecule has 0 aromatic heterocycles. The summed E-state index contributed by atoms with van der Waals surface area (Å²) >= 11 is 0. The second-order valence-electron chi connectivity index (χ2n) is 5.81. The number of Topliss-reactive ketones (excluding diaryl/α,β-unsaturated/α-hetero) is 1. The average molecular weight is 272 g/mol. The summed E-state index contributed by atoms with van der Waals surface area (Å²) in [6.45, 7) is 7.58. The van der Waals surface area contributed by atoms with Crippen LogP contribution >= 0.6 is 0 Å². The Morgan fingerprint density at radius 3 is 2.45 bits per heavy atom. The summed E-state index contributed by atoms with van der Waals surface area (Å²) in [6, 6.07) is 3.92. The Hall–Kier alpha value is -1.68. The summed E-state index contributed by atoms with van der Waals surface area (Å²) in [4.78, 5) is 28.3. The summed E-state index contributed by atoms with van der Waals surface area (Å²) < 4.78 is 0. The Morgan fingerprint density at radius 2 is 1.75 bits per heavy atom. The molecule has 0 unspecified atom stereocenters. The Kier molecular flexibility index (Phi) is 3.34. The lowest BCUT2D eigenvalue weighted by molar-refractivity contribution is -0.114. The minimum Gasteiger partial charge on any atom is -0.303 e. The lowest BCUT2D eigenvalue weighted by atomic mass is 10.0. The molecule has 0 radical (unpaired) electrons. The number of hydrogen-bond donors (Lipinski definition) is 0. The first-order valence-electron chi connectivity index (χ1n) is 7.28. The van der Waals surface area contributed by atoms with Crippen molar-refractivity contribution in [3.8, 4) is 0 Å². The van der Waals surface area contributed by atoms with Crippen LogP contribution in [-0.2, 0) is 4.79 Å². The molecule has 2 aliphatic rings. The molecule has 106 valence electrons. The topological polar surface area (TPSA) is 40.6 Å². The molecule has 2 aliphatic heterocycles. The molecule has 4 heteroatoms. The molecule has 0 N–H and O–H groups in total. The third kappa shape index (κ3) is 2.14. The fourth-order valence-corrected chi connectivity index (χ4v) is 3.26. The number of nitrogens with zero attached hydrogens (tertiary/aromatic N) is 2. The lowest BCUT2D eigenvalue weighted by Gasteiger charge is -2.21. The highest BCUT2D eigenvalue weighted by Gasteiger charge is 2.37. The fraction of sp³-hybridized carbons (Fsp3) is 0.500. The highest BCUT2D eigenvalue weighted by Crippen LogP contribution is 2.32. The number of amides is 1. The minimum absolute atomic E-state index is 0.348. The van der Waals surface area contributed by atoms with Gasteiger partial charge in [-0.15, -0.1) is 0 Å². The molecule has 0 saturated carbocycles. The van der Waals surface area contributed by atoms with Gasteiger partial charge in [0.2, 0.25) is 0 Å². The molecule has 1 amide bonds. The number of hydrogen-bond acceptors (Lipinski definition) is 3. The molecule has 1 aromatic rings. The predicted molar refractivity (Wildman–Crippen MR) is 78.3 cm³/mol. The number of carbonyl (C=O) groups is 2. The first-order valence-corrected chi connectivity index (χ1v) is 7.28. The minimum atomic E-state index is -0.368. The van der Waals surface area contributed by atoms with Crippen LogP contribution in [0.25, 0.3) is 0 Å². The van der Waals surface area contributed by atoms with Crippen molar-refractivity contribution in [3.63, 3.8) is 0 Å². The molecule has 1 fully saturated rings. The molecule has 0 atom stereocenters. The molecule has 1 aromatic carbocycles. The third-order valence-electron chi connectivity index (χ3n) is 4.25. The van der Waals surface area contributed by atoms with Gasteiger partial charge in [0.1, 0.15) is 0 Å². The van der Waals surface area contributed by atoms with Crippen molar-refractivity contribution >= 4 is 17.4 Å². The Morgan fingerprint density at radius 1 is 1.05 bits per heavy atom. The van der Waals surface area contributed by atoms with E-state index in [-0.39, 0.29) is 11.7 Å². The van der Waals surface area contributed by atoms with Gasteiger partial charge in [0.25, 0.3) is 11.7 Å². The lowest BCUT2D eigenvalue weighted by Crippen LogP contribution is -2.37. The maximum absolute atomic E-state index is 12.2. The van der Waals surface area contributed by atoms with E-state index >= 15 is 0 Å². The molecule has 0 spiro atoms. The number of likely N-dealkylation sites (tertiary alicyclic amines) is 1. The monoisotopic (exact) mass is 272 g/mol. The van der Waals surface area contributed by atoms with Crippen molar-refractivity contribution in [2.75, 3.05) is 31.1 Å². The van der Waals surface area contributed by atoms with Gasteiger partial charge in [-0.25, -0.2) is 0 Å². The first-order chi connectivity index (χ1) is 9.58. The van der Waals surface area contributed by atoms with E-state index in [0.29, 0.717) is 12.1 Å². The summed E-state index contributed by atoms with van der Waals surface area (Å²) in [7, 11) is 0. The quantitative estimate of drug-likeness (QED) is 0.789. The van der Waals surface area contributed by atoms with E-state index in [1.54, 1.807) is 4.90 Å². The van der Waals surface area contributed by atoms with Gasteiger partial charge >= 0.3 is 0 Å². The van der Waals surface area contributed by atoms with Crippen LogP contribution in [0.3, 0.4) is 0 Å². The van der Waals surface area contributed by atoms with Gasteiger partial charge in [-0.2, -0.15) is 0 Å². The zero-order chi connectivity index (χ0) is 14.3. The molecule has 4 nitrogen and oxygen atoms in total. The molecule has 0 aliphatic carbocycles. The number of aryl methyl sites for hydroxylation is 2. The molecular weight excluding hydrogens is 252 g/mol. The zero-order valence-corrected chi connectivity index (χ0v) is 12.1. The first kappa shape index (κ1) is 13.3. The van der Waals surface area contributed by atoms with Gasteiger partial charge in [0, 0.05) is 13.1 Å². The third-order valence-corrected chi connectivity index (χ3v) is 4.25. The van der Waals surface area contributed by atoms with Crippen LogP contribution in [0.2, 0.25) is 0 Å². The van der Waals surface area contributed by atoms with E-state index in [1.807, 2.05) is 26.0 Å². The van der Waals surface area contributed by atoms with Gasteiger partial charge in [0.15, 0.2) is 0 Å². The van der Waals surface area contributed by atoms with Crippen LogP contribution < -0.4 is 4.90 Å². The van der Waals surface area contributed by atoms with E-state index in [0.717, 1.165) is 36.4 Å². The smallest absolute Gasteiger partial charge is 0.299 e. The maximum atomic E-state index is 12.2. The number of carbonyl (C=O) groups excluding carboxylic acids is 2. The van der Waals surface area contributed by atoms with E-state index in [4.69, 9.17) is 0 Å². The van der Waals surface area contributed by atoms with E-state index < -0.39 is 0 Å². The van der Waals surface area contributed by atoms with Crippen LogP contribution in [0.15, 0.2) is 12.1 Å². The van der Waals surface area contributed by atoms with Gasteiger partial charge in [-0.05, 0) is 57.0 Å². The average Bonchev–Trinajstić information content (AvgIpc) is 2.97. The molecule has 0 bridgehead atoms. The van der Waals surface area contributed by atoms with Gasteiger partial charge in [-0.1, -0.05) is 6.07 Å².